The van der Waals surface area contributed by atoms with Gasteiger partial charge >= 0.3 is 0 Å². The molecule has 0 amide bonds. The van der Waals surface area contributed by atoms with Crippen molar-refractivity contribution >= 4 is 5.78 Å². The summed E-state index contributed by atoms with van der Waals surface area (Å²) in [5.74, 6) is 0.736. The first kappa shape index (κ1) is 14.4. The Balaban J connectivity index is 2.12. The van der Waals surface area contributed by atoms with Crippen LogP contribution in [0.25, 0.3) is 0 Å². The summed E-state index contributed by atoms with van der Waals surface area (Å²) in [6.45, 7) is 3.87. The largest absolute Gasteiger partial charge is 0.370 e. The van der Waals surface area contributed by atoms with Crippen molar-refractivity contribution in [2.75, 3.05) is 7.11 Å². The van der Waals surface area contributed by atoms with Gasteiger partial charge in [0.2, 0.25) is 11.7 Å². The van der Waals surface area contributed by atoms with Gasteiger partial charge in [0.15, 0.2) is 5.78 Å². The van der Waals surface area contributed by atoms with E-state index in [9.17, 15) is 4.79 Å². The lowest BCUT2D eigenvalue weighted by Gasteiger charge is -2.21. The first-order chi connectivity index (χ1) is 9.59. The fourth-order valence-electron chi connectivity index (χ4n) is 1.80. The number of nitrogens with zero attached hydrogens (tertiary/aromatic N) is 2. The number of Topliss-reactive ketones (excluding diaryl/α,β-unsaturated/α-hetero) is 1. The third kappa shape index (κ3) is 2.93. The summed E-state index contributed by atoms with van der Waals surface area (Å²) < 4.78 is 10.6. The van der Waals surface area contributed by atoms with Crippen molar-refractivity contribution in [1.29, 1.82) is 0 Å². The van der Waals surface area contributed by atoms with Gasteiger partial charge in [-0.1, -0.05) is 42.4 Å². The van der Waals surface area contributed by atoms with Crippen LogP contribution in [0.15, 0.2) is 34.9 Å². The maximum atomic E-state index is 12.1. The van der Waals surface area contributed by atoms with E-state index in [-0.39, 0.29) is 12.2 Å². The lowest BCUT2D eigenvalue weighted by atomic mass is 10.0. The van der Waals surface area contributed by atoms with Crippen LogP contribution in [0.5, 0.6) is 0 Å². The predicted molar refractivity (Wildman–Crippen MR) is 73.4 cm³/mol. The second-order valence-corrected chi connectivity index (χ2v) is 4.77. The Morgan fingerprint density at radius 2 is 2.05 bits per heavy atom. The van der Waals surface area contributed by atoms with Gasteiger partial charge in [0.25, 0.3) is 0 Å². The number of rotatable bonds is 6. The van der Waals surface area contributed by atoms with E-state index in [1.54, 1.807) is 19.2 Å². The van der Waals surface area contributed by atoms with E-state index in [1.165, 1.54) is 0 Å². The smallest absolute Gasteiger partial charge is 0.234 e. The third-order valence-electron chi connectivity index (χ3n) is 3.47. The number of hydrogen-bond acceptors (Lipinski definition) is 5. The molecule has 106 valence electrons. The van der Waals surface area contributed by atoms with Crippen LogP contribution in [0, 0.1) is 0 Å². The monoisotopic (exact) mass is 274 g/mol. The van der Waals surface area contributed by atoms with Crippen LogP contribution < -0.4 is 0 Å². The van der Waals surface area contributed by atoms with Crippen molar-refractivity contribution in [2.45, 2.75) is 32.3 Å². The molecule has 1 aromatic carbocycles. The molecule has 5 heteroatoms. The summed E-state index contributed by atoms with van der Waals surface area (Å²) in [6, 6.07) is 9.06. The van der Waals surface area contributed by atoms with Gasteiger partial charge in [-0.05, 0) is 13.3 Å². The molecule has 1 heterocycles. The Kier molecular flexibility index (Phi) is 4.29. The van der Waals surface area contributed by atoms with Crippen molar-refractivity contribution in [1.82, 2.24) is 10.1 Å². The van der Waals surface area contributed by atoms with Crippen LogP contribution in [0.4, 0.5) is 0 Å². The predicted octanol–water partition coefficient (Wildman–Crippen LogP) is 2.77. The highest BCUT2D eigenvalue weighted by Gasteiger charge is 2.30. The van der Waals surface area contributed by atoms with Gasteiger partial charge in [0.05, 0.1) is 6.42 Å². The van der Waals surface area contributed by atoms with Crippen LogP contribution in [0.1, 0.15) is 42.3 Å². The number of carbonyl (C=O) groups excluding carboxylic acids is 1. The summed E-state index contributed by atoms with van der Waals surface area (Å²) in [7, 11) is 1.61. The standard InChI is InChI=1S/C15H18N2O3/c1-4-15(2,19-3)14-16-13(20-17-14)10-12(18)11-8-6-5-7-9-11/h5-9H,4,10H2,1-3H3. The summed E-state index contributed by atoms with van der Waals surface area (Å²) in [5.41, 5.74) is 0.0506. The van der Waals surface area contributed by atoms with Gasteiger partial charge in [-0.25, -0.2) is 0 Å². The zero-order chi connectivity index (χ0) is 14.6. The van der Waals surface area contributed by atoms with E-state index in [0.717, 1.165) is 6.42 Å². The normalized spacial score (nSPS) is 13.9. The second-order valence-electron chi connectivity index (χ2n) is 4.77. The third-order valence-corrected chi connectivity index (χ3v) is 3.47. The van der Waals surface area contributed by atoms with E-state index in [2.05, 4.69) is 10.1 Å². The van der Waals surface area contributed by atoms with Crippen molar-refractivity contribution in [2.24, 2.45) is 0 Å². The molecule has 0 N–H and O–H groups in total. The quantitative estimate of drug-likeness (QED) is 0.758. The minimum Gasteiger partial charge on any atom is -0.370 e. The molecule has 0 spiro atoms. The van der Waals surface area contributed by atoms with Gasteiger partial charge in [0.1, 0.15) is 5.60 Å². The molecule has 0 fully saturated rings. The van der Waals surface area contributed by atoms with E-state index in [4.69, 9.17) is 9.26 Å². The Hall–Kier alpha value is -2.01. The van der Waals surface area contributed by atoms with E-state index in [1.807, 2.05) is 32.0 Å². The zero-order valence-electron chi connectivity index (χ0n) is 11.9. The summed E-state index contributed by atoms with van der Waals surface area (Å²) in [4.78, 5) is 16.3. The SMILES string of the molecule is CCC(C)(OC)c1noc(CC(=O)c2ccccc2)n1. The van der Waals surface area contributed by atoms with Crippen molar-refractivity contribution in [3.8, 4) is 0 Å². The maximum Gasteiger partial charge on any atom is 0.234 e. The van der Waals surface area contributed by atoms with Crippen LogP contribution >= 0.6 is 0 Å². The summed E-state index contributed by atoms with van der Waals surface area (Å²) in [5, 5.41) is 3.91. The van der Waals surface area contributed by atoms with Crippen LogP contribution in [-0.4, -0.2) is 23.0 Å². The maximum absolute atomic E-state index is 12.1. The molecule has 1 atom stereocenters. The molecule has 0 radical (unpaired) electrons. The Labute approximate surface area is 118 Å². The fourth-order valence-corrected chi connectivity index (χ4v) is 1.80. The van der Waals surface area contributed by atoms with Gasteiger partial charge in [-0.3, -0.25) is 4.79 Å². The Morgan fingerprint density at radius 3 is 2.65 bits per heavy atom. The number of benzene rings is 1. The minimum atomic E-state index is -0.586. The van der Waals surface area contributed by atoms with Crippen LogP contribution in [0.2, 0.25) is 0 Å². The number of aromatic nitrogens is 2. The van der Waals surface area contributed by atoms with Crippen molar-refractivity contribution in [3.63, 3.8) is 0 Å². The Morgan fingerprint density at radius 1 is 1.35 bits per heavy atom. The zero-order valence-corrected chi connectivity index (χ0v) is 11.9. The molecule has 0 saturated heterocycles. The molecular weight excluding hydrogens is 256 g/mol. The average Bonchev–Trinajstić information content (AvgIpc) is 2.96. The number of ketones is 1. The molecule has 0 aliphatic heterocycles. The highest BCUT2D eigenvalue weighted by molar-refractivity contribution is 5.96. The molecule has 0 bridgehead atoms. The molecule has 2 aromatic rings. The first-order valence-electron chi connectivity index (χ1n) is 6.55. The topological polar surface area (TPSA) is 65.2 Å². The van der Waals surface area contributed by atoms with E-state index >= 15 is 0 Å². The van der Waals surface area contributed by atoms with E-state index < -0.39 is 5.60 Å². The van der Waals surface area contributed by atoms with Crippen LogP contribution in [0.3, 0.4) is 0 Å². The first-order valence-corrected chi connectivity index (χ1v) is 6.55. The van der Waals surface area contributed by atoms with Gasteiger partial charge in [-0.2, -0.15) is 4.98 Å². The fraction of sp³-hybridized carbons (Fsp3) is 0.400. The lowest BCUT2D eigenvalue weighted by Crippen LogP contribution is -2.24. The number of carbonyl (C=O) groups is 1. The summed E-state index contributed by atoms with van der Waals surface area (Å²) >= 11 is 0. The van der Waals surface area contributed by atoms with Crippen molar-refractivity contribution in [3.05, 3.63) is 47.6 Å². The number of ether oxygens (including phenoxy) is 1. The number of hydrogen-bond donors (Lipinski definition) is 0. The minimum absolute atomic E-state index is 0.0450. The average molecular weight is 274 g/mol. The molecule has 0 aliphatic carbocycles. The summed E-state index contributed by atoms with van der Waals surface area (Å²) in [6.07, 6.45) is 0.815. The molecule has 5 nitrogen and oxygen atoms in total. The van der Waals surface area contributed by atoms with Crippen LogP contribution in [-0.2, 0) is 16.8 Å². The molecule has 2 rings (SSSR count). The second kappa shape index (κ2) is 5.96. The lowest BCUT2D eigenvalue weighted by molar-refractivity contribution is -0.0106. The van der Waals surface area contributed by atoms with Gasteiger partial charge in [-0.15, -0.1) is 0 Å². The molecule has 1 unspecified atom stereocenters. The Bertz CT molecular complexity index is 574. The van der Waals surface area contributed by atoms with Crippen molar-refractivity contribution < 1.29 is 14.1 Å². The van der Waals surface area contributed by atoms with E-state index in [0.29, 0.717) is 17.3 Å². The molecule has 0 saturated carbocycles. The molecular formula is C15H18N2O3. The molecule has 0 aliphatic rings. The molecule has 20 heavy (non-hydrogen) atoms. The van der Waals surface area contributed by atoms with Gasteiger partial charge < -0.3 is 9.26 Å². The highest BCUT2D eigenvalue weighted by Crippen LogP contribution is 2.25. The van der Waals surface area contributed by atoms with Gasteiger partial charge in [0, 0.05) is 12.7 Å². The highest BCUT2D eigenvalue weighted by atomic mass is 16.5. The number of methoxy groups -OCH3 is 1. The molecule has 1 aromatic heterocycles.